The van der Waals surface area contributed by atoms with Crippen LogP contribution in [0.1, 0.15) is 20.8 Å². The van der Waals surface area contributed by atoms with Crippen molar-refractivity contribution in [1.82, 2.24) is 14.8 Å². The average Bonchev–Trinajstić information content (AvgIpc) is 2.70. The van der Waals surface area contributed by atoms with Crippen molar-refractivity contribution in [3.8, 4) is 0 Å². The van der Waals surface area contributed by atoms with E-state index < -0.39 is 8.32 Å². The molecule has 0 aliphatic heterocycles. The van der Waals surface area contributed by atoms with E-state index in [1.54, 1.807) is 6.20 Å². The van der Waals surface area contributed by atoms with Gasteiger partial charge in [-0.3, -0.25) is 0 Å². The summed E-state index contributed by atoms with van der Waals surface area (Å²) in [6, 6.07) is 2.03. The third kappa shape index (κ3) is 3.29. The second-order valence-corrected chi connectivity index (χ2v) is 12.3. The van der Waals surface area contributed by atoms with Gasteiger partial charge in [0.2, 0.25) is 0 Å². The molecule has 0 N–H and O–H groups in total. The number of aromatic nitrogens is 3. The maximum Gasteiger partial charge on any atom is 0.192 e. The lowest BCUT2D eigenvalue weighted by Crippen LogP contribution is -2.41. The molecule has 0 spiro atoms. The van der Waals surface area contributed by atoms with Gasteiger partial charge in [0.1, 0.15) is 0 Å². The Hall–Kier alpha value is -0.723. The van der Waals surface area contributed by atoms with E-state index in [1.165, 1.54) is 0 Å². The molecule has 20 heavy (non-hydrogen) atoms. The highest BCUT2D eigenvalue weighted by molar-refractivity contribution is 9.10. The van der Waals surface area contributed by atoms with Crippen LogP contribution in [0, 0.1) is 0 Å². The van der Waals surface area contributed by atoms with Gasteiger partial charge in [0.15, 0.2) is 14.0 Å². The number of rotatable bonds is 4. The van der Waals surface area contributed by atoms with Crippen LogP contribution in [-0.2, 0) is 11.0 Å². The minimum Gasteiger partial charge on any atom is -0.415 e. The van der Waals surface area contributed by atoms with Crippen molar-refractivity contribution >= 4 is 35.3 Å². The van der Waals surface area contributed by atoms with Crippen LogP contribution < -0.4 is 0 Å². The second kappa shape index (κ2) is 5.58. The van der Waals surface area contributed by atoms with Crippen LogP contribution in [0.5, 0.6) is 0 Å². The Morgan fingerprint density at radius 1 is 1.30 bits per heavy atom. The van der Waals surface area contributed by atoms with E-state index in [-0.39, 0.29) is 5.04 Å². The molecule has 0 saturated heterocycles. The molecule has 110 valence electrons. The summed E-state index contributed by atoms with van der Waals surface area (Å²) < 4.78 is 9.07. The molecule has 2 heterocycles. The molecule has 6 heteroatoms. The van der Waals surface area contributed by atoms with Gasteiger partial charge in [-0.1, -0.05) is 20.8 Å². The van der Waals surface area contributed by atoms with Gasteiger partial charge in [-0.15, -0.1) is 0 Å². The maximum atomic E-state index is 6.18. The van der Waals surface area contributed by atoms with Crippen LogP contribution in [0.4, 0.5) is 0 Å². The highest BCUT2D eigenvalue weighted by atomic mass is 79.9. The summed E-state index contributed by atoms with van der Waals surface area (Å²) in [5.74, 6) is 0. The van der Waals surface area contributed by atoms with Crippen LogP contribution in [-0.4, -0.2) is 29.7 Å². The summed E-state index contributed by atoms with van der Waals surface area (Å²) in [6.07, 6.45) is 3.65. The Balaban J connectivity index is 2.04. The fourth-order valence-electron chi connectivity index (χ4n) is 1.71. The number of halogens is 1. The highest BCUT2D eigenvalue weighted by Crippen LogP contribution is 2.36. The number of hydrogen-bond acceptors (Lipinski definition) is 3. The second-order valence-electron chi connectivity index (χ2n) is 6.54. The molecule has 0 aliphatic rings. The summed E-state index contributed by atoms with van der Waals surface area (Å²) in [7, 11) is -1.68. The molecule has 0 amide bonds. The summed E-state index contributed by atoms with van der Waals surface area (Å²) in [6.45, 7) is 12.7. The van der Waals surface area contributed by atoms with Crippen molar-refractivity contribution in [2.75, 3.05) is 6.61 Å². The largest absolute Gasteiger partial charge is 0.415 e. The molecule has 4 nitrogen and oxygen atoms in total. The fraction of sp³-hybridized carbons (Fsp3) is 0.571. The van der Waals surface area contributed by atoms with Crippen LogP contribution in [0.25, 0.3) is 11.0 Å². The molecule has 2 aromatic heterocycles. The Morgan fingerprint density at radius 2 is 2.00 bits per heavy atom. The normalized spacial score (nSPS) is 13.1. The molecule has 2 rings (SSSR count). The summed E-state index contributed by atoms with van der Waals surface area (Å²) in [5, 5.41) is 5.67. The summed E-state index contributed by atoms with van der Waals surface area (Å²) in [5.41, 5.74) is 0.909. The van der Waals surface area contributed by atoms with E-state index in [0.717, 1.165) is 22.1 Å². The van der Waals surface area contributed by atoms with Gasteiger partial charge in [-0.25, -0.2) is 9.67 Å². The minimum atomic E-state index is -1.68. The third-order valence-corrected chi connectivity index (χ3v) is 8.99. The summed E-state index contributed by atoms with van der Waals surface area (Å²) in [4.78, 5) is 4.41. The van der Waals surface area contributed by atoms with Gasteiger partial charge in [0, 0.05) is 16.1 Å². The smallest absolute Gasteiger partial charge is 0.192 e. The Kier molecular flexibility index (Phi) is 4.37. The SMILES string of the molecule is CC(C)(C)[Si](C)(C)OCCn1ncc2cc(Br)cnc21. The Labute approximate surface area is 129 Å². The average molecular weight is 356 g/mol. The maximum absolute atomic E-state index is 6.18. The first-order chi connectivity index (χ1) is 9.21. The number of fused-ring (bicyclic) bond motifs is 1. The Morgan fingerprint density at radius 3 is 2.65 bits per heavy atom. The van der Waals surface area contributed by atoms with E-state index in [4.69, 9.17) is 4.43 Å². The number of hydrogen-bond donors (Lipinski definition) is 0. The van der Waals surface area contributed by atoms with Gasteiger partial charge in [-0.2, -0.15) is 5.10 Å². The van der Waals surface area contributed by atoms with E-state index in [0.29, 0.717) is 6.61 Å². The minimum absolute atomic E-state index is 0.238. The fourth-order valence-corrected chi connectivity index (χ4v) is 3.10. The van der Waals surface area contributed by atoms with Crippen molar-refractivity contribution in [2.24, 2.45) is 0 Å². The quantitative estimate of drug-likeness (QED) is 0.771. The van der Waals surface area contributed by atoms with Crippen LogP contribution in [0.2, 0.25) is 18.1 Å². The zero-order chi connectivity index (χ0) is 15.0. The summed E-state index contributed by atoms with van der Waals surface area (Å²) >= 11 is 3.42. The van der Waals surface area contributed by atoms with Crippen LogP contribution >= 0.6 is 15.9 Å². The molecular formula is C14H22BrN3OSi. The molecular weight excluding hydrogens is 334 g/mol. The zero-order valence-corrected chi connectivity index (χ0v) is 15.4. The first-order valence-corrected chi connectivity index (χ1v) is 10.5. The number of nitrogens with zero attached hydrogens (tertiary/aromatic N) is 3. The highest BCUT2D eigenvalue weighted by Gasteiger charge is 2.36. The Bertz CT molecular complexity index is 604. The van der Waals surface area contributed by atoms with Gasteiger partial charge in [-0.05, 0) is 40.1 Å². The van der Waals surface area contributed by atoms with Gasteiger partial charge >= 0.3 is 0 Å². The lowest BCUT2D eigenvalue weighted by Gasteiger charge is -2.36. The van der Waals surface area contributed by atoms with E-state index in [9.17, 15) is 0 Å². The van der Waals surface area contributed by atoms with Gasteiger partial charge in [0.25, 0.3) is 0 Å². The van der Waals surface area contributed by atoms with Crippen molar-refractivity contribution in [1.29, 1.82) is 0 Å². The van der Waals surface area contributed by atoms with Crippen molar-refractivity contribution < 1.29 is 4.43 Å². The topological polar surface area (TPSA) is 39.9 Å². The third-order valence-electron chi connectivity index (χ3n) is 4.01. The first-order valence-electron chi connectivity index (χ1n) is 6.82. The molecule has 0 aromatic carbocycles. The standard InChI is InChI=1S/C14H22BrN3OSi/c1-14(2,3)20(4,5)19-7-6-18-13-11(9-17-18)8-12(15)10-16-13/h8-10H,6-7H2,1-5H3. The molecule has 0 atom stereocenters. The van der Waals surface area contributed by atoms with Crippen molar-refractivity contribution in [3.63, 3.8) is 0 Å². The van der Waals surface area contributed by atoms with Crippen LogP contribution in [0.15, 0.2) is 22.9 Å². The lowest BCUT2D eigenvalue weighted by molar-refractivity contribution is 0.267. The molecule has 0 radical (unpaired) electrons. The molecule has 0 unspecified atom stereocenters. The van der Waals surface area contributed by atoms with E-state index in [2.05, 4.69) is 59.9 Å². The predicted octanol–water partition coefficient (Wildman–Crippen LogP) is 4.22. The lowest BCUT2D eigenvalue weighted by atomic mass is 10.2. The van der Waals surface area contributed by atoms with Crippen molar-refractivity contribution in [2.45, 2.75) is 45.4 Å². The monoisotopic (exact) mass is 355 g/mol. The first kappa shape index (κ1) is 15.7. The van der Waals surface area contributed by atoms with E-state index >= 15 is 0 Å². The van der Waals surface area contributed by atoms with Gasteiger partial charge in [0.05, 0.1) is 19.3 Å². The molecule has 0 saturated carbocycles. The van der Waals surface area contributed by atoms with Crippen molar-refractivity contribution in [3.05, 3.63) is 22.9 Å². The van der Waals surface area contributed by atoms with Crippen LogP contribution in [0.3, 0.4) is 0 Å². The molecule has 0 bridgehead atoms. The zero-order valence-electron chi connectivity index (χ0n) is 12.8. The van der Waals surface area contributed by atoms with Gasteiger partial charge < -0.3 is 4.43 Å². The van der Waals surface area contributed by atoms with E-state index in [1.807, 2.05) is 16.9 Å². The number of pyridine rings is 1. The molecule has 0 fully saturated rings. The predicted molar refractivity (Wildman–Crippen MR) is 88.4 cm³/mol. The molecule has 0 aliphatic carbocycles. The molecule has 2 aromatic rings.